The molecule has 116 valence electrons. The van der Waals surface area contributed by atoms with Gasteiger partial charge < -0.3 is 10.1 Å². The number of para-hydroxylation sites is 1. The Bertz CT molecular complexity index is 476. The van der Waals surface area contributed by atoms with Crippen LogP contribution in [0.25, 0.3) is 0 Å². The maximum atomic E-state index is 12.6. The molecule has 2 amide bonds. The summed E-state index contributed by atoms with van der Waals surface area (Å²) >= 11 is 0. The van der Waals surface area contributed by atoms with E-state index in [0.717, 1.165) is 24.9 Å². The van der Waals surface area contributed by atoms with Crippen molar-refractivity contribution in [3.8, 4) is 0 Å². The summed E-state index contributed by atoms with van der Waals surface area (Å²) in [6, 6.07) is 8.47. The van der Waals surface area contributed by atoms with Crippen molar-refractivity contribution in [3.05, 3.63) is 29.8 Å². The Balaban J connectivity index is 2.10. The zero-order valence-electron chi connectivity index (χ0n) is 13.3. The van der Waals surface area contributed by atoms with E-state index < -0.39 is 0 Å². The lowest BCUT2D eigenvalue weighted by molar-refractivity contribution is 0.0777. The molecule has 1 aromatic rings. The van der Waals surface area contributed by atoms with Gasteiger partial charge in [0.1, 0.15) is 0 Å². The second kappa shape index (κ2) is 7.46. The number of fused-ring (bicyclic) bond motifs is 1. The Kier molecular flexibility index (Phi) is 5.62. The number of ether oxygens (including phenoxy) is 1. The molecule has 1 N–H and O–H groups in total. The summed E-state index contributed by atoms with van der Waals surface area (Å²) in [6.45, 7) is 7.29. The van der Waals surface area contributed by atoms with Gasteiger partial charge in [0.2, 0.25) is 0 Å². The molecule has 0 radical (unpaired) electrons. The molecule has 1 aliphatic heterocycles. The van der Waals surface area contributed by atoms with Crippen LogP contribution in [0, 0.1) is 0 Å². The second-order valence-corrected chi connectivity index (χ2v) is 5.55. The maximum absolute atomic E-state index is 12.6. The zero-order valence-corrected chi connectivity index (χ0v) is 13.3. The molecule has 0 unspecified atom stereocenters. The molecule has 0 aromatic heterocycles. The van der Waals surface area contributed by atoms with E-state index in [1.165, 1.54) is 5.56 Å². The van der Waals surface area contributed by atoms with Crippen LogP contribution < -0.4 is 10.2 Å². The molecule has 0 saturated heterocycles. The molecule has 0 bridgehead atoms. The molecule has 1 aliphatic rings. The molecule has 0 spiro atoms. The number of anilines is 1. The summed E-state index contributed by atoms with van der Waals surface area (Å²) < 4.78 is 5.47. The van der Waals surface area contributed by atoms with E-state index in [0.29, 0.717) is 13.2 Å². The first-order valence-corrected chi connectivity index (χ1v) is 7.93. The van der Waals surface area contributed by atoms with E-state index in [1.54, 1.807) is 0 Å². The Morgan fingerprint density at radius 3 is 2.90 bits per heavy atom. The maximum Gasteiger partial charge on any atom is 0.322 e. The van der Waals surface area contributed by atoms with Gasteiger partial charge in [-0.1, -0.05) is 25.1 Å². The zero-order chi connectivity index (χ0) is 15.2. The monoisotopic (exact) mass is 290 g/mol. The van der Waals surface area contributed by atoms with E-state index in [9.17, 15) is 4.79 Å². The van der Waals surface area contributed by atoms with E-state index >= 15 is 0 Å². The van der Waals surface area contributed by atoms with Crippen LogP contribution >= 0.6 is 0 Å². The number of carbonyl (C=O) groups excluding carboxylic acids is 1. The number of hydrogen-bond acceptors (Lipinski definition) is 2. The van der Waals surface area contributed by atoms with Crippen LogP contribution in [-0.2, 0) is 11.2 Å². The average Bonchev–Trinajstić information content (AvgIpc) is 2.51. The number of amides is 2. The summed E-state index contributed by atoms with van der Waals surface area (Å²) in [5.41, 5.74) is 2.31. The van der Waals surface area contributed by atoms with E-state index in [4.69, 9.17) is 4.74 Å². The molecule has 1 heterocycles. The summed E-state index contributed by atoms with van der Waals surface area (Å²) in [4.78, 5) is 14.5. The van der Waals surface area contributed by atoms with Gasteiger partial charge in [0.25, 0.3) is 0 Å². The van der Waals surface area contributed by atoms with Crippen LogP contribution in [0.2, 0.25) is 0 Å². The van der Waals surface area contributed by atoms with Gasteiger partial charge >= 0.3 is 6.03 Å². The highest BCUT2D eigenvalue weighted by atomic mass is 16.5. The third-order valence-corrected chi connectivity index (χ3v) is 4.05. The Labute approximate surface area is 127 Å². The van der Waals surface area contributed by atoms with Crippen molar-refractivity contribution in [2.45, 2.75) is 52.2 Å². The number of carbonyl (C=O) groups is 1. The van der Waals surface area contributed by atoms with Gasteiger partial charge in [0.15, 0.2) is 0 Å². The summed E-state index contributed by atoms with van der Waals surface area (Å²) in [5, 5.41) is 3.00. The summed E-state index contributed by atoms with van der Waals surface area (Å²) in [6.07, 6.45) is 3.09. The fourth-order valence-electron chi connectivity index (χ4n) is 2.93. The van der Waals surface area contributed by atoms with Gasteiger partial charge in [-0.25, -0.2) is 4.79 Å². The van der Waals surface area contributed by atoms with Crippen molar-refractivity contribution in [2.24, 2.45) is 0 Å². The highest BCUT2D eigenvalue weighted by Gasteiger charge is 2.29. The number of aryl methyl sites for hydroxylation is 1. The van der Waals surface area contributed by atoms with Crippen molar-refractivity contribution in [1.82, 2.24) is 5.32 Å². The number of rotatable bonds is 5. The van der Waals surface area contributed by atoms with E-state index in [1.807, 2.05) is 36.9 Å². The van der Waals surface area contributed by atoms with Crippen LogP contribution in [-0.4, -0.2) is 31.3 Å². The lowest BCUT2D eigenvalue weighted by Gasteiger charge is -2.37. The molecule has 2 atom stereocenters. The number of nitrogens with zero attached hydrogens (tertiary/aromatic N) is 1. The van der Waals surface area contributed by atoms with Gasteiger partial charge in [-0.3, -0.25) is 4.90 Å². The number of hydrogen-bond donors (Lipinski definition) is 1. The predicted molar refractivity (Wildman–Crippen MR) is 85.8 cm³/mol. The topological polar surface area (TPSA) is 41.6 Å². The van der Waals surface area contributed by atoms with Crippen LogP contribution in [0.5, 0.6) is 0 Å². The quantitative estimate of drug-likeness (QED) is 0.903. The first kappa shape index (κ1) is 15.8. The highest BCUT2D eigenvalue weighted by molar-refractivity contribution is 5.94. The fourth-order valence-corrected chi connectivity index (χ4v) is 2.93. The van der Waals surface area contributed by atoms with Gasteiger partial charge in [-0.15, -0.1) is 0 Å². The molecule has 2 rings (SSSR count). The third-order valence-electron chi connectivity index (χ3n) is 4.05. The van der Waals surface area contributed by atoms with E-state index in [2.05, 4.69) is 18.3 Å². The fraction of sp³-hybridized carbons (Fsp3) is 0.588. The second-order valence-electron chi connectivity index (χ2n) is 5.55. The first-order valence-electron chi connectivity index (χ1n) is 7.93. The molecule has 1 aromatic carbocycles. The summed E-state index contributed by atoms with van der Waals surface area (Å²) in [5.74, 6) is 0. The molecule has 0 fully saturated rings. The largest absolute Gasteiger partial charge is 0.377 e. The molecule has 4 nitrogen and oxygen atoms in total. The van der Waals surface area contributed by atoms with Crippen LogP contribution in [0.1, 0.15) is 39.2 Å². The van der Waals surface area contributed by atoms with Crippen molar-refractivity contribution in [3.63, 3.8) is 0 Å². The van der Waals surface area contributed by atoms with Gasteiger partial charge in [-0.05, 0) is 44.7 Å². The van der Waals surface area contributed by atoms with Gasteiger partial charge in [-0.2, -0.15) is 0 Å². The van der Waals surface area contributed by atoms with Crippen molar-refractivity contribution >= 4 is 11.7 Å². The van der Waals surface area contributed by atoms with Crippen LogP contribution in [0.3, 0.4) is 0 Å². The minimum absolute atomic E-state index is 0.0134. The van der Waals surface area contributed by atoms with Crippen molar-refractivity contribution < 1.29 is 9.53 Å². The number of benzene rings is 1. The normalized spacial score (nSPS) is 19.0. The molecule has 0 saturated carbocycles. The SMILES string of the molecule is CCO[C@@H](C)CNC(=O)N1c2ccccc2CC[C@H]1CC. The lowest BCUT2D eigenvalue weighted by atomic mass is 9.94. The standard InChI is InChI=1S/C17H26N2O2/c1-4-15-11-10-14-8-6-7-9-16(14)19(15)17(20)18-12-13(3)21-5-2/h6-9,13,15H,4-5,10-12H2,1-3H3,(H,18,20)/t13-,15+/m0/s1. The lowest BCUT2D eigenvalue weighted by Crippen LogP contribution is -2.50. The Morgan fingerprint density at radius 2 is 2.19 bits per heavy atom. The molecular formula is C17H26N2O2. The first-order chi connectivity index (χ1) is 10.2. The van der Waals surface area contributed by atoms with E-state index in [-0.39, 0.29) is 18.2 Å². The number of urea groups is 1. The van der Waals surface area contributed by atoms with Crippen LogP contribution in [0.15, 0.2) is 24.3 Å². The third kappa shape index (κ3) is 3.76. The van der Waals surface area contributed by atoms with Crippen molar-refractivity contribution in [1.29, 1.82) is 0 Å². The molecule has 21 heavy (non-hydrogen) atoms. The molecule has 0 aliphatic carbocycles. The average molecular weight is 290 g/mol. The molecular weight excluding hydrogens is 264 g/mol. The Morgan fingerprint density at radius 1 is 1.43 bits per heavy atom. The minimum Gasteiger partial charge on any atom is -0.377 e. The van der Waals surface area contributed by atoms with Gasteiger partial charge in [0.05, 0.1) is 6.10 Å². The summed E-state index contributed by atoms with van der Waals surface area (Å²) in [7, 11) is 0. The predicted octanol–water partition coefficient (Wildman–Crippen LogP) is 3.35. The number of nitrogens with one attached hydrogen (secondary N) is 1. The molecule has 4 heteroatoms. The van der Waals surface area contributed by atoms with Gasteiger partial charge in [0, 0.05) is 24.9 Å². The Hall–Kier alpha value is -1.55. The highest BCUT2D eigenvalue weighted by Crippen LogP contribution is 2.31. The smallest absolute Gasteiger partial charge is 0.322 e. The van der Waals surface area contributed by atoms with Crippen molar-refractivity contribution in [2.75, 3.05) is 18.1 Å². The van der Waals surface area contributed by atoms with Crippen LogP contribution in [0.4, 0.5) is 10.5 Å². The minimum atomic E-state index is -0.0134.